The zero-order chi connectivity index (χ0) is 28.1. The average molecular weight is 556 g/mol. The summed E-state index contributed by atoms with van der Waals surface area (Å²) in [6.07, 6.45) is -0.578. The fourth-order valence-electron chi connectivity index (χ4n) is 6.00. The van der Waals surface area contributed by atoms with Crippen LogP contribution in [-0.4, -0.2) is 76.4 Å². The number of aromatic amines is 1. The standard InChI is InChI=1S/C28H31F6N3O2/c1-15-8-19-18-4-2-5-20(30)24(18)35-25(19)26(37(15)13-28(33,34)14-38)23-21(31)9-16(10-22(23)32)27(39)17-11-36(12-17)7-3-6-29/h2,4-5,9-10,15,17,26-27,35,38-39H,3,6-8,11-14H2,1H3/t15-,26-,27+/m0/s1. The number of hydrogen-bond donors (Lipinski definition) is 3. The van der Waals surface area contributed by atoms with Gasteiger partial charge >= 0.3 is 0 Å². The molecule has 5 nitrogen and oxygen atoms in total. The van der Waals surface area contributed by atoms with Gasteiger partial charge in [-0.25, -0.2) is 22.0 Å². The van der Waals surface area contributed by atoms with Crippen molar-refractivity contribution in [3.63, 3.8) is 0 Å². The summed E-state index contributed by atoms with van der Waals surface area (Å²) in [6, 6.07) is 4.44. The lowest BCUT2D eigenvalue weighted by Crippen LogP contribution is -2.50. The van der Waals surface area contributed by atoms with E-state index in [1.807, 2.05) is 4.90 Å². The van der Waals surface area contributed by atoms with E-state index in [1.165, 1.54) is 17.0 Å². The van der Waals surface area contributed by atoms with Gasteiger partial charge in [-0.15, -0.1) is 0 Å². The normalized spacial score (nSPS) is 21.8. The molecular weight excluding hydrogens is 524 g/mol. The molecule has 2 aliphatic heterocycles. The van der Waals surface area contributed by atoms with E-state index < -0.39 is 67.0 Å². The molecule has 3 aromatic rings. The number of aromatic nitrogens is 1. The monoisotopic (exact) mass is 555 g/mol. The number of rotatable bonds is 9. The number of hydrogen-bond acceptors (Lipinski definition) is 4. The van der Waals surface area contributed by atoms with Crippen LogP contribution < -0.4 is 0 Å². The van der Waals surface area contributed by atoms with Gasteiger partial charge in [-0.1, -0.05) is 12.1 Å². The first-order valence-corrected chi connectivity index (χ1v) is 13.0. The maximum Gasteiger partial charge on any atom is 0.283 e. The molecule has 1 aromatic heterocycles. The zero-order valence-electron chi connectivity index (χ0n) is 21.4. The molecule has 3 atom stereocenters. The first-order valence-electron chi connectivity index (χ1n) is 13.0. The predicted molar refractivity (Wildman–Crippen MR) is 134 cm³/mol. The van der Waals surface area contributed by atoms with Crippen LogP contribution in [0, 0.1) is 23.4 Å². The quantitative estimate of drug-likeness (QED) is 0.330. The van der Waals surface area contributed by atoms with E-state index in [9.17, 15) is 27.8 Å². The molecule has 0 radical (unpaired) electrons. The molecule has 2 aromatic carbocycles. The van der Waals surface area contributed by atoms with Crippen LogP contribution in [-0.2, 0) is 6.42 Å². The molecule has 11 heteroatoms. The topological polar surface area (TPSA) is 62.7 Å². The van der Waals surface area contributed by atoms with Gasteiger partial charge in [0.2, 0.25) is 0 Å². The van der Waals surface area contributed by atoms with Crippen LogP contribution in [0.1, 0.15) is 47.9 Å². The Bertz CT molecular complexity index is 1320. The van der Waals surface area contributed by atoms with Crippen LogP contribution in [0.3, 0.4) is 0 Å². The largest absolute Gasteiger partial charge is 0.390 e. The SMILES string of the molecule is C[C@H]1Cc2c([nH]c3c(F)cccc23)[C@H](c2c(F)cc([C@@H](O)C3CN(CCCF)C3)cc2F)N1CC(F)(F)CO. The summed E-state index contributed by atoms with van der Waals surface area (Å²) in [5.74, 6) is -6.48. The van der Waals surface area contributed by atoms with Gasteiger partial charge in [0.15, 0.2) is 0 Å². The van der Waals surface area contributed by atoms with Gasteiger partial charge in [-0.3, -0.25) is 9.29 Å². The van der Waals surface area contributed by atoms with Gasteiger partial charge in [0.05, 0.1) is 30.9 Å². The molecule has 5 rings (SSSR count). The summed E-state index contributed by atoms with van der Waals surface area (Å²) < 4.78 is 87.5. The summed E-state index contributed by atoms with van der Waals surface area (Å²) in [5.41, 5.74) is 0.415. The third-order valence-corrected chi connectivity index (χ3v) is 8.00. The average Bonchev–Trinajstić information content (AvgIpc) is 3.23. The minimum Gasteiger partial charge on any atom is -0.390 e. The Kier molecular flexibility index (Phi) is 7.71. The molecule has 2 aliphatic rings. The number of para-hydroxylation sites is 1. The molecule has 1 saturated heterocycles. The molecule has 1 fully saturated rings. The Morgan fingerprint density at radius 2 is 1.79 bits per heavy atom. The number of aliphatic hydroxyl groups is 2. The van der Waals surface area contributed by atoms with E-state index in [-0.39, 0.29) is 29.1 Å². The lowest BCUT2D eigenvalue weighted by Gasteiger charge is -2.43. The fourth-order valence-corrected chi connectivity index (χ4v) is 6.00. The fraction of sp³-hybridized carbons (Fsp3) is 0.500. The second-order valence-electron chi connectivity index (χ2n) is 10.7. The highest BCUT2D eigenvalue weighted by atomic mass is 19.3. The maximum absolute atomic E-state index is 15.8. The number of benzene rings is 2. The molecule has 0 spiro atoms. The Labute approximate surface area is 222 Å². The summed E-state index contributed by atoms with van der Waals surface area (Å²) in [6.45, 7) is 0.210. The van der Waals surface area contributed by atoms with Crippen LogP contribution in [0.5, 0.6) is 0 Å². The van der Waals surface area contributed by atoms with Crippen molar-refractivity contribution >= 4 is 10.9 Å². The van der Waals surface area contributed by atoms with Crippen molar-refractivity contribution in [1.29, 1.82) is 0 Å². The van der Waals surface area contributed by atoms with Crippen LogP contribution in [0.25, 0.3) is 10.9 Å². The van der Waals surface area contributed by atoms with Gasteiger partial charge in [-0.05, 0) is 49.1 Å². The maximum atomic E-state index is 15.8. The lowest BCUT2D eigenvalue weighted by molar-refractivity contribution is -0.0869. The highest BCUT2D eigenvalue weighted by Gasteiger charge is 2.44. The molecule has 212 valence electrons. The van der Waals surface area contributed by atoms with Crippen LogP contribution in [0.4, 0.5) is 26.3 Å². The second-order valence-corrected chi connectivity index (χ2v) is 10.7. The van der Waals surface area contributed by atoms with E-state index in [4.69, 9.17) is 0 Å². The third kappa shape index (κ3) is 5.17. The number of nitrogens with one attached hydrogen (secondary N) is 1. The number of nitrogens with zero attached hydrogens (tertiary/aromatic N) is 2. The van der Waals surface area contributed by atoms with E-state index in [0.29, 0.717) is 37.0 Å². The second kappa shape index (κ2) is 10.8. The van der Waals surface area contributed by atoms with Gasteiger partial charge in [0, 0.05) is 48.2 Å². The summed E-state index contributed by atoms with van der Waals surface area (Å²) >= 11 is 0. The van der Waals surface area contributed by atoms with Crippen molar-refractivity contribution in [1.82, 2.24) is 14.8 Å². The van der Waals surface area contributed by atoms with Crippen molar-refractivity contribution in [3.8, 4) is 0 Å². The molecule has 3 N–H and O–H groups in total. The Morgan fingerprint density at radius 1 is 1.10 bits per heavy atom. The van der Waals surface area contributed by atoms with E-state index in [0.717, 1.165) is 12.1 Å². The molecule has 0 amide bonds. The number of alkyl halides is 3. The number of H-pyrrole nitrogens is 1. The van der Waals surface area contributed by atoms with Gasteiger partial charge in [-0.2, -0.15) is 0 Å². The van der Waals surface area contributed by atoms with Crippen LogP contribution in [0.2, 0.25) is 0 Å². The predicted octanol–water partition coefficient (Wildman–Crippen LogP) is 4.87. The summed E-state index contributed by atoms with van der Waals surface area (Å²) in [5, 5.41) is 20.5. The molecular formula is C28H31F6N3O2. The minimum absolute atomic E-state index is 0.0166. The Balaban J connectivity index is 1.55. The van der Waals surface area contributed by atoms with Gasteiger partial charge in [0.1, 0.15) is 24.1 Å². The molecule has 0 aliphatic carbocycles. The lowest BCUT2D eigenvalue weighted by atomic mass is 9.85. The van der Waals surface area contributed by atoms with Crippen LogP contribution in [0.15, 0.2) is 30.3 Å². The number of likely N-dealkylation sites (tertiary alicyclic amines) is 1. The van der Waals surface area contributed by atoms with Crippen molar-refractivity contribution in [3.05, 3.63) is 70.2 Å². The minimum atomic E-state index is -3.55. The van der Waals surface area contributed by atoms with Crippen molar-refractivity contribution in [2.75, 3.05) is 39.5 Å². The number of fused-ring (bicyclic) bond motifs is 3. The van der Waals surface area contributed by atoms with E-state index >= 15 is 8.78 Å². The van der Waals surface area contributed by atoms with Crippen molar-refractivity contribution in [2.24, 2.45) is 5.92 Å². The first-order chi connectivity index (χ1) is 18.5. The summed E-state index contributed by atoms with van der Waals surface area (Å²) in [7, 11) is 0. The molecule has 0 saturated carbocycles. The highest BCUT2D eigenvalue weighted by molar-refractivity contribution is 5.86. The molecule has 3 heterocycles. The smallest absolute Gasteiger partial charge is 0.283 e. The molecule has 0 bridgehead atoms. The first kappa shape index (κ1) is 27.9. The molecule has 0 unspecified atom stereocenters. The van der Waals surface area contributed by atoms with Crippen molar-refractivity contribution < 1.29 is 36.6 Å². The number of aliphatic hydroxyl groups excluding tert-OH is 2. The summed E-state index contributed by atoms with van der Waals surface area (Å²) in [4.78, 5) is 6.06. The zero-order valence-corrected chi connectivity index (χ0v) is 21.4. The van der Waals surface area contributed by atoms with E-state index in [1.54, 1.807) is 13.0 Å². The van der Waals surface area contributed by atoms with E-state index in [2.05, 4.69) is 4.98 Å². The van der Waals surface area contributed by atoms with Gasteiger partial charge in [0.25, 0.3) is 5.92 Å². The number of halogens is 6. The Morgan fingerprint density at radius 3 is 2.44 bits per heavy atom. The molecule has 39 heavy (non-hydrogen) atoms. The highest BCUT2D eigenvalue weighted by Crippen LogP contribution is 2.44. The van der Waals surface area contributed by atoms with Gasteiger partial charge < -0.3 is 20.1 Å². The Hall–Kier alpha value is -2.60. The third-order valence-electron chi connectivity index (χ3n) is 8.00. The van der Waals surface area contributed by atoms with Crippen molar-refractivity contribution in [2.45, 2.75) is 43.9 Å². The van der Waals surface area contributed by atoms with Crippen LogP contribution >= 0.6 is 0 Å².